The minimum absolute atomic E-state index is 0.0203. The summed E-state index contributed by atoms with van der Waals surface area (Å²) < 4.78 is 43.3. The van der Waals surface area contributed by atoms with E-state index in [0.29, 0.717) is 13.2 Å². The number of rotatable bonds is 5. The Morgan fingerprint density at radius 3 is 2.59 bits per heavy atom. The Labute approximate surface area is 97.5 Å². The van der Waals surface area contributed by atoms with Crippen molar-refractivity contribution in [3.63, 3.8) is 0 Å². The molecule has 1 unspecified atom stereocenters. The minimum atomic E-state index is -4.46. The van der Waals surface area contributed by atoms with Gasteiger partial charge in [-0.15, -0.1) is 0 Å². The van der Waals surface area contributed by atoms with Gasteiger partial charge in [0.1, 0.15) is 5.82 Å². The van der Waals surface area contributed by atoms with Gasteiger partial charge in [0, 0.05) is 25.6 Å². The van der Waals surface area contributed by atoms with Crippen molar-refractivity contribution in [3.05, 3.63) is 11.8 Å². The van der Waals surface area contributed by atoms with E-state index in [1.165, 1.54) is 4.68 Å². The first-order chi connectivity index (χ1) is 7.88. The maximum atomic E-state index is 12.4. The van der Waals surface area contributed by atoms with Crippen molar-refractivity contribution in [2.24, 2.45) is 5.92 Å². The van der Waals surface area contributed by atoms with Gasteiger partial charge in [-0.2, -0.15) is 18.3 Å². The Hall–Kier alpha value is -1.24. The molecule has 98 valence electrons. The molecule has 17 heavy (non-hydrogen) atoms. The van der Waals surface area contributed by atoms with E-state index >= 15 is 0 Å². The lowest BCUT2D eigenvalue weighted by Gasteiger charge is -2.14. The van der Waals surface area contributed by atoms with Crippen LogP contribution in [0.4, 0.5) is 19.0 Å². The van der Waals surface area contributed by atoms with Crippen molar-refractivity contribution in [1.29, 1.82) is 0 Å². The SMILES string of the molecule is CCC(COC)Cn1nc(C(F)(F)F)cc1N. The van der Waals surface area contributed by atoms with Crippen molar-refractivity contribution in [3.8, 4) is 0 Å². The van der Waals surface area contributed by atoms with Gasteiger partial charge >= 0.3 is 6.18 Å². The molecule has 0 radical (unpaired) electrons. The van der Waals surface area contributed by atoms with Crippen molar-refractivity contribution < 1.29 is 17.9 Å². The number of hydrogen-bond donors (Lipinski definition) is 1. The third kappa shape index (κ3) is 3.62. The summed E-state index contributed by atoms with van der Waals surface area (Å²) in [5.41, 5.74) is 4.54. The molecule has 0 aromatic carbocycles. The molecule has 2 N–H and O–H groups in total. The molecule has 1 rings (SSSR count). The molecular formula is C10H16F3N3O. The van der Waals surface area contributed by atoms with Gasteiger partial charge < -0.3 is 10.5 Å². The number of nitrogen functional groups attached to an aromatic ring is 1. The minimum Gasteiger partial charge on any atom is -0.384 e. The van der Waals surface area contributed by atoms with E-state index in [1.54, 1.807) is 7.11 Å². The Kier molecular flexibility index (Phi) is 4.39. The largest absolute Gasteiger partial charge is 0.435 e. The van der Waals surface area contributed by atoms with E-state index in [-0.39, 0.29) is 11.7 Å². The van der Waals surface area contributed by atoms with Crippen LogP contribution >= 0.6 is 0 Å². The number of halogens is 3. The topological polar surface area (TPSA) is 53.1 Å². The molecule has 1 aromatic rings. The summed E-state index contributed by atoms with van der Waals surface area (Å²) in [6, 6.07) is 0.847. The maximum Gasteiger partial charge on any atom is 0.435 e. The van der Waals surface area contributed by atoms with Crippen LogP contribution in [0.5, 0.6) is 0 Å². The van der Waals surface area contributed by atoms with Crippen LogP contribution < -0.4 is 5.73 Å². The second-order valence-corrected chi connectivity index (χ2v) is 3.86. The number of ether oxygens (including phenoxy) is 1. The Balaban J connectivity index is 2.81. The Morgan fingerprint density at radius 2 is 2.18 bits per heavy atom. The molecule has 0 aliphatic heterocycles. The van der Waals surface area contributed by atoms with Crippen molar-refractivity contribution >= 4 is 5.82 Å². The second-order valence-electron chi connectivity index (χ2n) is 3.86. The first kappa shape index (κ1) is 13.8. The second kappa shape index (κ2) is 5.39. The van der Waals surface area contributed by atoms with Crippen LogP contribution in [0.25, 0.3) is 0 Å². The molecule has 0 fully saturated rings. The quantitative estimate of drug-likeness (QED) is 0.872. The van der Waals surface area contributed by atoms with Gasteiger partial charge in [-0.05, 0) is 6.42 Å². The molecule has 1 heterocycles. The van der Waals surface area contributed by atoms with Crippen LogP contribution in [0, 0.1) is 5.92 Å². The summed E-state index contributed by atoms with van der Waals surface area (Å²) in [4.78, 5) is 0. The van der Waals surface area contributed by atoms with Crippen LogP contribution in [0.2, 0.25) is 0 Å². The van der Waals surface area contributed by atoms with Crippen molar-refractivity contribution in [1.82, 2.24) is 9.78 Å². The predicted molar refractivity (Wildman–Crippen MR) is 57.3 cm³/mol. The van der Waals surface area contributed by atoms with Crippen LogP contribution in [0.1, 0.15) is 19.0 Å². The van der Waals surface area contributed by atoms with Gasteiger partial charge in [0.05, 0.1) is 6.61 Å². The molecule has 0 aliphatic carbocycles. The average molecular weight is 251 g/mol. The van der Waals surface area contributed by atoms with E-state index in [9.17, 15) is 13.2 Å². The summed E-state index contributed by atoms with van der Waals surface area (Å²) in [5, 5.41) is 3.46. The van der Waals surface area contributed by atoms with E-state index in [2.05, 4.69) is 5.10 Å². The lowest BCUT2D eigenvalue weighted by Crippen LogP contribution is -2.18. The number of hydrogen-bond acceptors (Lipinski definition) is 3. The molecule has 0 saturated heterocycles. The lowest BCUT2D eigenvalue weighted by atomic mass is 10.1. The number of aromatic nitrogens is 2. The van der Waals surface area contributed by atoms with Gasteiger partial charge in [-0.3, -0.25) is 0 Å². The molecule has 0 amide bonds. The zero-order valence-corrected chi connectivity index (χ0v) is 9.79. The molecule has 1 atom stereocenters. The van der Waals surface area contributed by atoms with Crippen molar-refractivity contribution in [2.75, 3.05) is 19.5 Å². The molecule has 1 aromatic heterocycles. The molecular weight excluding hydrogens is 235 g/mol. The fourth-order valence-electron chi connectivity index (χ4n) is 1.50. The van der Waals surface area contributed by atoms with Crippen LogP contribution in [0.15, 0.2) is 6.07 Å². The third-order valence-electron chi connectivity index (χ3n) is 2.51. The van der Waals surface area contributed by atoms with E-state index in [0.717, 1.165) is 12.5 Å². The van der Waals surface area contributed by atoms with Gasteiger partial charge in [0.2, 0.25) is 0 Å². The molecule has 0 spiro atoms. The summed E-state index contributed by atoms with van der Waals surface area (Å²) in [7, 11) is 1.55. The number of alkyl halides is 3. The molecule has 7 heteroatoms. The number of nitrogens with zero attached hydrogens (tertiary/aromatic N) is 2. The standard InChI is InChI=1S/C10H16F3N3O/c1-3-7(6-17-2)5-16-9(14)4-8(15-16)10(11,12)13/h4,7H,3,5-6,14H2,1-2H3. The van der Waals surface area contributed by atoms with Gasteiger partial charge in [-0.1, -0.05) is 6.92 Å². The highest BCUT2D eigenvalue weighted by Crippen LogP contribution is 2.29. The first-order valence-electron chi connectivity index (χ1n) is 5.28. The van der Waals surface area contributed by atoms with E-state index < -0.39 is 11.9 Å². The van der Waals surface area contributed by atoms with E-state index in [4.69, 9.17) is 10.5 Å². The lowest BCUT2D eigenvalue weighted by molar-refractivity contribution is -0.141. The average Bonchev–Trinajstić information content (AvgIpc) is 2.59. The Morgan fingerprint density at radius 1 is 1.53 bits per heavy atom. The van der Waals surface area contributed by atoms with Crippen LogP contribution in [0.3, 0.4) is 0 Å². The molecule has 0 bridgehead atoms. The predicted octanol–water partition coefficient (Wildman–Crippen LogP) is 2.16. The van der Waals surface area contributed by atoms with Crippen LogP contribution in [-0.4, -0.2) is 23.5 Å². The summed E-state index contributed by atoms with van der Waals surface area (Å²) in [5.74, 6) is 0.121. The maximum absolute atomic E-state index is 12.4. The summed E-state index contributed by atoms with van der Waals surface area (Å²) in [6.45, 7) is 2.73. The normalized spacial score (nSPS) is 13.9. The molecule has 0 saturated carbocycles. The highest BCUT2D eigenvalue weighted by Gasteiger charge is 2.34. The zero-order chi connectivity index (χ0) is 13.1. The van der Waals surface area contributed by atoms with Gasteiger partial charge in [0.15, 0.2) is 5.69 Å². The highest BCUT2D eigenvalue weighted by atomic mass is 19.4. The smallest absolute Gasteiger partial charge is 0.384 e. The van der Waals surface area contributed by atoms with Crippen molar-refractivity contribution in [2.45, 2.75) is 26.1 Å². The number of anilines is 1. The third-order valence-corrected chi connectivity index (χ3v) is 2.51. The first-order valence-corrected chi connectivity index (χ1v) is 5.28. The number of nitrogens with two attached hydrogens (primary N) is 1. The molecule has 4 nitrogen and oxygen atoms in total. The Bertz CT molecular complexity index is 362. The van der Waals surface area contributed by atoms with Gasteiger partial charge in [0.25, 0.3) is 0 Å². The fraction of sp³-hybridized carbons (Fsp3) is 0.700. The number of methoxy groups -OCH3 is 1. The summed E-state index contributed by atoms with van der Waals surface area (Å²) >= 11 is 0. The fourth-order valence-corrected chi connectivity index (χ4v) is 1.50. The van der Waals surface area contributed by atoms with Crippen LogP contribution in [-0.2, 0) is 17.5 Å². The highest BCUT2D eigenvalue weighted by molar-refractivity contribution is 5.31. The van der Waals surface area contributed by atoms with E-state index in [1.807, 2.05) is 6.92 Å². The summed E-state index contributed by atoms with van der Waals surface area (Å²) in [6.07, 6.45) is -3.67. The van der Waals surface area contributed by atoms with Gasteiger partial charge in [-0.25, -0.2) is 4.68 Å². The zero-order valence-electron chi connectivity index (χ0n) is 9.79. The molecule has 0 aliphatic rings. The monoisotopic (exact) mass is 251 g/mol.